The molecule has 0 bridgehead atoms. The van der Waals surface area contributed by atoms with Crippen molar-refractivity contribution in [3.8, 4) is 6.07 Å². The molecule has 2 amide bonds. The van der Waals surface area contributed by atoms with Gasteiger partial charge in [0.15, 0.2) is 0 Å². The number of nitrogens with zero attached hydrogens (tertiary/aromatic N) is 4. The molecule has 7 nitrogen and oxygen atoms in total. The van der Waals surface area contributed by atoms with E-state index in [-0.39, 0.29) is 31.1 Å². The normalized spacial score (nSPS) is 13.4. The lowest BCUT2D eigenvalue weighted by Crippen LogP contribution is -2.32. The van der Waals surface area contributed by atoms with Gasteiger partial charge in [-0.1, -0.05) is 18.2 Å². The zero-order valence-electron chi connectivity index (χ0n) is 17.1. The maximum absolute atomic E-state index is 12.6. The first-order valence-corrected chi connectivity index (χ1v) is 10.4. The fraction of sp³-hybridized carbons (Fsp3) is 0.391. The second kappa shape index (κ2) is 11.0. The lowest BCUT2D eigenvalue weighted by atomic mass is 10.1. The summed E-state index contributed by atoms with van der Waals surface area (Å²) in [7, 11) is 0. The molecule has 1 saturated heterocycles. The fourth-order valence-corrected chi connectivity index (χ4v) is 3.52. The Balaban J connectivity index is 1.51. The minimum atomic E-state index is -0.232. The van der Waals surface area contributed by atoms with Crippen LogP contribution in [0.5, 0.6) is 0 Å². The molecule has 30 heavy (non-hydrogen) atoms. The molecule has 1 fully saturated rings. The summed E-state index contributed by atoms with van der Waals surface area (Å²) in [6, 6.07) is 15.0. The number of rotatable bonds is 8. The van der Waals surface area contributed by atoms with Gasteiger partial charge in [-0.25, -0.2) is 4.98 Å². The summed E-state index contributed by atoms with van der Waals surface area (Å²) in [6.07, 6.45) is 5.68. The standard InChI is InChI=1S/C23H27N5O2/c24-14-7-17-28(20-8-3-1-4-9-20)23(30)13-12-22(29)26-19-10-11-21(25-18-19)27-15-5-2-6-16-27/h1,3-4,8-11,18H,2,5-7,12-13,15-17H2,(H,26,29). The third kappa shape index (κ3) is 6.05. The molecule has 3 rings (SSSR count). The summed E-state index contributed by atoms with van der Waals surface area (Å²) >= 11 is 0. The fourth-order valence-electron chi connectivity index (χ4n) is 3.52. The van der Waals surface area contributed by atoms with E-state index >= 15 is 0 Å². The largest absolute Gasteiger partial charge is 0.357 e. The van der Waals surface area contributed by atoms with Gasteiger partial charge in [-0.3, -0.25) is 9.59 Å². The number of piperidine rings is 1. The number of aromatic nitrogens is 1. The Labute approximate surface area is 177 Å². The lowest BCUT2D eigenvalue weighted by molar-refractivity contribution is -0.122. The molecule has 1 aliphatic rings. The predicted octanol–water partition coefficient (Wildman–Crippen LogP) is 3.74. The Hall–Kier alpha value is -3.40. The summed E-state index contributed by atoms with van der Waals surface area (Å²) in [4.78, 5) is 33.2. The van der Waals surface area contributed by atoms with Crippen molar-refractivity contribution in [3.05, 3.63) is 48.7 Å². The van der Waals surface area contributed by atoms with E-state index in [0.29, 0.717) is 12.2 Å². The van der Waals surface area contributed by atoms with Crippen molar-refractivity contribution < 1.29 is 9.59 Å². The van der Waals surface area contributed by atoms with Crippen molar-refractivity contribution in [2.75, 3.05) is 34.8 Å². The number of amides is 2. The number of para-hydroxylation sites is 1. The van der Waals surface area contributed by atoms with Crippen molar-refractivity contribution in [1.29, 1.82) is 5.26 Å². The van der Waals surface area contributed by atoms with E-state index in [1.54, 1.807) is 11.1 Å². The smallest absolute Gasteiger partial charge is 0.227 e. The van der Waals surface area contributed by atoms with Crippen molar-refractivity contribution in [1.82, 2.24) is 4.98 Å². The van der Waals surface area contributed by atoms with Crippen LogP contribution in [0.1, 0.15) is 38.5 Å². The van der Waals surface area contributed by atoms with Crippen LogP contribution in [0.4, 0.5) is 17.2 Å². The maximum Gasteiger partial charge on any atom is 0.227 e. The molecule has 2 aromatic rings. The van der Waals surface area contributed by atoms with E-state index in [2.05, 4.69) is 21.3 Å². The van der Waals surface area contributed by atoms with Crippen LogP contribution in [-0.2, 0) is 9.59 Å². The number of benzene rings is 1. The van der Waals surface area contributed by atoms with Crippen molar-refractivity contribution in [2.45, 2.75) is 38.5 Å². The average Bonchev–Trinajstić information content (AvgIpc) is 2.80. The van der Waals surface area contributed by atoms with Gasteiger partial charge < -0.3 is 15.1 Å². The minimum absolute atomic E-state index is 0.0720. The molecular weight excluding hydrogens is 378 g/mol. The predicted molar refractivity (Wildman–Crippen MR) is 117 cm³/mol. The SMILES string of the molecule is N#CCCN(C(=O)CCC(=O)Nc1ccc(N2CCCCC2)nc1)c1ccccc1. The Morgan fingerprint density at radius 1 is 1.07 bits per heavy atom. The third-order valence-electron chi connectivity index (χ3n) is 5.09. The molecule has 1 aromatic carbocycles. The van der Waals surface area contributed by atoms with Crippen LogP contribution in [0.15, 0.2) is 48.7 Å². The number of pyridine rings is 1. The molecular formula is C23H27N5O2. The maximum atomic E-state index is 12.6. The van der Waals surface area contributed by atoms with Gasteiger partial charge in [0.25, 0.3) is 0 Å². The highest BCUT2D eigenvalue weighted by Crippen LogP contribution is 2.19. The lowest BCUT2D eigenvalue weighted by Gasteiger charge is -2.27. The Morgan fingerprint density at radius 2 is 1.83 bits per heavy atom. The van der Waals surface area contributed by atoms with E-state index in [1.165, 1.54) is 19.3 Å². The highest BCUT2D eigenvalue weighted by atomic mass is 16.2. The number of carbonyl (C=O) groups is 2. The number of anilines is 3. The summed E-state index contributed by atoms with van der Waals surface area (Å²) in [5.41, 5.74) is 1.35. The van der Waals surface area contributed by atoms with Crippen LogP contribution in [0, 0.1) is 11.3 Å². The average molecular weight is 406 g/mol. The van der Waals surface area contributed by atoms with E-state index < -0.39 is 0 Å². The Morgan fingerprint density at radius 3 is 2.50 bits per heavy atom. The third-order valence-corrected chi connectivity index (χ3v) is 5.09. The first-order valence-electron chi connectivity index (χ1n) is 10.4. The zero-order valence-corrected chi connectivity index (χ0v) is 17.1. The van der Waals surface area contributed by atoms with Crippen LogP contribution in [0.25, 0.3) is 0 Å². The monoisotopic (exact) mass is 405 g/mol. The van der Waals surface area contributed by atoms with Crippen LogP contribution in [0.2, 0.25) is 0 Å². The molecule has 0 aliphatic carbocycles. The van der Waals surface area contributed by atoms with E-state index in [9.17, 15) is 9.59 Å². The topological polar surface area (TPSA) is 89.3 Å². The number of nitriles is 1. The molecule has 1 N–H and O–H groups in total. The molecule has 0 saturated carbocycles. The van der Waals surface area contributed by atoms with Gasteiger partial charge in [-0.05, 0) is 43.5 Å². The second-order valence-electron chi connectivity index (χ2n) is 7.29. The van der Waals surface area contributed by atoms with Gasteiger partial charge in [0.05, 0.1) is 24.4 Å². The summed E-state index contributed by atoms with van der Waals surface area (Å²) in [5, 5.41) is 11.7. The molecule has 156 valence electrons. The highest BCUT2D eigenvalue weighted by Gasteiger charge is 2.17. The van der Waals surface area contributed by atoms with Gasteiger partial charge in [0.1, 0.15) is 5.82 Å². The van der Waals surface area contributed by atoms with Gasteiger partial charge in [0.2, 0.25) is 11.8 Å². The first kappa shape index (κ1) is 21.3. The van der Waals surface area contributed by atoms with E-state index in [4.69, 9.17) is 5.26 Å². The van der Waals surface area contributed by atoms with Crippen molar-refractivity contribution in [3.63, 3.8) is 0 Å². The Bertz CT molecular complexity index is 871. The van der Waals surface area contributed by atoms with E-state index in [0.717, 1.165) is 24.6 Å². The molecule has 1 aromatic heterocycles. The number of nitrogens with one attached hydrogen (secondary N) is 1. The highest BCUT2D eigenvalue weighted by molar-refractivity contribution is 5.98. The number of carbonyl (C=O) groups excluding carboxylic acids is 2. The molecule has 0 unspecified atom stereocenters. The Kier molecular flexibility index (Phi) is 7.78. The summed E-state index contributed by atoms with van der Waals surface area (Å²) in [6.45, 7) is 2.35. The second-order valence-corrected chi connectivity index (χ2v) is 7.29. The summed E-state index contributed by atoms with van der Waals surface area (Å²) in [5.74, 6) is 0.521. The quantitative estimate of drug-likeness (QED) is 0.723. The van der Waals surface area contributed by atoms with Crippen molar-refractivity contribution in [2.24, 2.45) is 0 Å². The molecule has 7 heteroatoms. The number of hydrogen-bond donors (Lipinski definition) is 1. The molecule has 2 heterocycles. The van der Waals surface area contributed by atoms with Crippen LogP contribution < -0.4 is 15.1 Å². The van der Waals surface area contributed by atoms with Crippen molar-refractivity contribution >= 4 is 29.0 Å². The molecule has 0 radical (unpaired) electrons. The first-order chi connectivity index (χ1) is 14.7. The number of hydrogen-bond acceptors (Lipinski definition) is 5. The van der Waals surface area contributed by atoms with Gasteiger partial charge >= 0.3 is 0 Å². The zero-order chi connectivity index (χ0) is 21.2. The summed E-state index contributed by atoms with van der Waals surface area (Å²) < 4.78 is 0. The van der Waals surface area contributed by atoms with Crippen LogP contribution in [0.3, 0.4) is 0 Å². The molecule has 0 atom stereocenters. The minimum Gasteiger partial charge on any atom is -0.357 e. The van der Waals surface area contributed by atoms with E-state index in [1.807, 2.05) is 42.5 Å². The molecule has 1 aliphatic heterocycles. The molecule has 0 spiro atoms. The van der Waals surface area contributed by atoms with Crippen LogP contribution in [-0.4, -0.2) is 36.4 Å². The van der Waals surface area contributed by atoms with Gasteiger partial charge in [0, 0.05) is 38.2 Å². The van der Waals surface area contributed by atoms with Crippen LogP contribution >= 0.6 is 0 Å². The van der Waals surface area contributed by atoms with Gasteiger partial charge in [-0.2, -0.15) is 5.26 Å². The van der Waals surface area contributed by atoms with Gasteiger partial charge in [-0.15, -0.1) is 0 Å².